The molecule has 0 unspecified atom stereocenters. The van der Waals surface area contributed by atoms with Crippen LogP contribution in [-0.4, -0.2) is 39.1 Å². The number of ether oxygens (including phenoxy) is 2. The lowest BCUT2D eigenvalue weighted by atomic mass is 10.2. The lowest BCUT2D eigenvalue weighted by Crippen LogP contribution is -2.38. The van der Waals surface area contributed by atoms with Gasteiger partial charge < -0.3 is 15.2 Å². The minimum absolute atomic E-state index is 0. The lowest BCUT2D eigenvalue weighted by Gasteiger charge is -2.19. The zero-order valence-electron chi connectivity index (χ0n) is 11.6. The molecule has 0 aliphatic carbocycles. The Kier molecular flexibility index (Phi) is 5.94. The molecule has 3 N–H and O–H groups in total. The third-order valence-corrected chi connectivity index (χ3v) is 4.44. The lowest BCUT2D eigenvalue weighted by molar-refractivity contribution is -0.388. The molecule has 0 aromatic heterocycles. The number of nitro groups is 1. The van der Waals surface area contributed by atoms with E-state index in [4.69, 9.17) is 15.2 Å². The number of nitrogens with one attached hydrogen (secondary N) is 1. The van der Waals surface area contributed by atoms with Crippen molar-refractivity contribution < 1.29 is 22.8 Å². The molecule has 0 radical (unpaired) electrons. The number of hydrogen-bond donors (Lipinski definition) is 2. The van der Waals surface area contributed by atoms with Crippen molar-refractivity contribution in [3.05, 3.63) is 22.2 Å². The van der Waals surface area contributed by atoms with Gasteiger partial charge in [0.1, 0.15) is 13.2 Å². The van der Waals surface area contributed by atoms with E-state index in [0.717, 1.165) is 12.1 Å². The molecule has 0 fully saturated rings. The summed E-state index contributed by atoms with van der Waals surface area (Å²) in [6.07, 6.45) is 0. The SMILES string of the molecule is C[C@@H](CN)NS(=O)(=O)c1cc2c(cc1[N+](=O)[O-])OCCO2.Cl. The highest BCUT2D eigenvalue weighted by atomic mass is 35.5. The Bertz CT molecular complexity index is 666. The summed E-state index contributed by atoms with van der Waals surface area (Å²) in [5, 5.41) is 11.1. The van der Waals surface area contributed by atoms with Gasteiger partial charge in [0, 0.05) is 18.7 Å². The number of hydrogen-bond acceptors (Lipinski definition) is 7. The molecule has 124 valence electrons. The summed E-state index contributed by atoms with van der Waals surface area (Å²) in [6, 6.07) is 1.59. The molecule has 0 spiro atoms. The second-order valence-electron chi connectivity index (χ2n) is 4.48. The van der Waals surface area contributed by atoms with Gasteiger partial charge in [-0.05, 0) is 6.92 Å². The van der Waals surface area contributed by atoms with Crippen LogP contribution in [0.4, 0.5) is 5.69 Å². The monoisotopic (exact) mass is 353 g/mol. The minimum atomic E-state index is -4.09. The van der Waals surface area contributed by atoms with Crippen LogP contribution in [0, 0.1) is 10.1 Å². The molecule has 2 rings (SSSR count). The second-order valence-corrected chi connectivity index (χ2v) is 6.16. The van der Waals surface area contributed by atoms with Gasteiger partial charge in [0.05, 0.1) is 11.0 Å². The molecule has 22 heavy (non-hydrogen) atoms. The molecule has 1 aliphatic rings. The number of rotatable bonds is 5. The number of fused-ring (bicyclic) bond motifs is 1. The number of benzene rings is 1. The third-order valence-electron chi connectivity index (χ3n) is 2.82. The van der Waals surface area contributed by atoms with Gasteiger partial charge in [-0.25, -0.2) is 13.1 Å². The van der Waals surface area contributed by atoms with E-state index < -0.39 is 31.6 Å². The van der Waals surface area contributed by atoms with E-state index in [2.05, 4.69) is 4.72 Å². The van der Waals surface area contributed by atoms with Gasteiger partial charge in [0.25, 0.3) is 5.69 Å². The van der Waals surface area contributed by atoms with Gasteiger partial charge in [-0.15, -0.1) is 12.4 Å². The van der Waals surface area contributed by atoms with Crippen molar-refractivity contribution in [1.29, 1.82) is 0 Å². The van der Waals surface area contributed by atoms with E-state index in [0.29, 0.717) is 0 Å². The molecule has 1 aliphatic heterocycles. The fourth-order valence-electron chi connectivity index (χ4n) is 1.79. The molecule has 9 nitrogen and oxygen atoms in total. The summed E-state index contributed by atoms with van der Waals surface area (Å²) in [7, 11) is -4.09. The third kappa shape index (κ3) is 3.77. The fourth-order valence-corrected chi connectivity index (χ4v) is 3.22. The normalized spacial score (nSPS) is 14.8. The van der Waals surface area contributed by atoms with Crippen LogP contribution < -0.4 is 19.9 Å². The van der Waals surface area contributed by atoms with E-state index in [9.17, 15) is 18.5 Å². The van der Waals surface area contributed by atoms with Crippen LogP contribution in [0.5, 0.6) is 11.5 Å². The first-order valence-corrected chi connectivity index (χ1v) is 7.64. The maximum absolute atomic E-state index is 12.2. The average molecular weight is 354 g/mol. The Hall–Kier alpha value is -1.62. The van der Waals surface area contributed by atoms with Gasteiger partial charge in [0.15, 0.2) is 16.4 Å². The Labute approximate surface area is 133 Å². The van der Waals surface area contributed by atoms with Crippen LogP contribution in [0.2, 0.25) is 0 Å². The molecule has 0 bridgehead atoms. The number of nitro benzene ring substituents is 1. The molecule has 0 amide bonds. The predicted octanol–water partition coefficient (Wildman–Crippen LogP) is 0.413. The van der Waals surface area contributed by atoms with Gasteiger partial charge in [-0.2, -0.15) is 0 Å². The van der Waals surface area contributed by atoms with E-state index in [1.807, 2.05) is 0 Å². The van der Waals surface area contributed by atoms with Crippen LogP contribution in [0.15, 0.2) is 17.0 Å². The maximum atomic E-state index is 12.2. The van der Waals surface area contributed by atoms with Gasteiger partial charge in [-0.1, -0.05) is 0 Å². The maximum Gasteiger partial charge on any atom is 0.293 e. The summed E-state index contributed by atoms with van der Waals surface area (Å²) < 4.78 is 37.2. The molecule has 1 aromatic rings. The zero-order valence-corrected chi connectivity index (χ0v) is 13.3. The zero-order chi connectivity index (χ0) is 15.6. The average Bonchev–Trinajstić information content (AvgIpc) is 2.45. The van der Waals surface area contributed by atoms with E-state index in [1.165, 1.54) is 0 Å². The number of nitrogens with zero attached hydrogens (tertiary/aromatic N) is 1. The topological polar surface area (TPSA) is 134 Å². The minimum Gasteiger partial charge on any atom is -0.486 e. The summed E-state index contributed by atoms with van der Waals surface area (Å²) in [4.78, 5) is 9.85. The molecule has 1 heterocycles. The van der Waals surface area contributed by atoms with Crippen molar-refractivity contribution in [2.24, 2.45) is 5.73 Å². The summed E-state index contributed by atoms with van der Waals surface area (Å²) >= 11 is 0. The summed E-state index contributed by atoms with van der Waals surface area (Å²) in [5.74, 6) is 0.311. The van der Waals surface area contributed by atoms with Crippen LogP contribution in [0.3, 0.4) is 0 Å². The highest BCUT2D eigenvalue weighted by Crippen LogP contribution is 2.38. The van der Waals surface area contributed by atoms with Crippen LogP contribution in [0.25, 0.3) is 0 Å². The summed E-state index contributed by atoms with van der Waals surface area (Å²) in [5.41, 5.74) is 4.79. The predicted molar refractivity (Wildman–Crippen MR) is 80.2 cm³/mol. The first-order chi connectivity index (χ1) is 9.85. The summed E-state index contributed by atoms with van der Waals surface area (Å²) in [6.45, 7) is 2.12. The largest absolute Gasteiger partial charge is 0.486 e. The van der Waals surface area contributed by atoms with Gasteiger partial charge in [-0.3, -0.25) is 10.1 Å². The Morgan fingerprint density at radius 2 is 1.91 bits per heavy atom. The number of halogens is 1. The second kappa shape index (κ2) is 7.09. The number of sulfonamides is 1. The highest BCUT2D eigenvalue weighted by molar-refractivity contribution is 7.89. The first-order valence-electron chi connectivity index (χ1n) is 6.15. The molecular weight excluding hydrogens is 338 g/mol. The van der Waals surface area contributed by atoms with Crippen molar-refractivity contribution in [1.82, 2.24) is 4.72 Å². The Morgan fingerprint density at radius 1 is 1.36 bits per heavy atom. The van der Waals surface area contributed by atoms with Crippen LogP contribution in [-0.2, 0) is 10.0 Å². The quantitative estimate of drug-likeness (QED) is 0.578. The molecule has 1 aromatic carbocycles. The van der Waals surface area contributed by atoms with Crippen LogP contribution >= 0.6 is 12.4 Å². The molecular formula is C11H16ClN3O6S. The molecule has 11 heteroatoms. The van der Waals surface area contributed by atoms with Crippen molar-refractivity contribution in [3.8, 4) is 11.5 Å². The van der Waals surface area contributed by atoms with Crippen molar-refractivity contribution in [3.63, 3.8) is 0 Å². The Morgan fingerprint density at radius 3 is 2.41 bits per heavy atom. The highest BCUT2D eigenvalue weighted by Gasteiger charge is 2.31. The van der Waals surface area contributed by atoms with Gasteiger partial charge in [0.2, 0.25) is 10.0 Å². The number of nitrogens with two attached hydrogens (primary N) is 1. The van der Waals surface area contributed by atoms with Crippen molar-refractivity contribution in [2.45, 2.75) is 17.9 Å². The Balaban J connectivity index is 0.00000242. The van der Waals surface area contributed by atoms with Crippen molar-refractivity contribution >= 4 is 28.1 Å². The fraction of sp³-hybridized carbons (Fsp3) is 0.455. The molecule has 0 saturated carbocycles. The van der Waals surface area contributed by atoms with Gasteiger partial charge >= 0.3 is 0 Å². The molecule has 1 atom stereocenters. The van der Waals surface area contributed by atoms with Crippen LogP contribution in [0.1, 0.15) is 6.92 Å². The first kappa shape index (κ1) is 18.4. The van der Waals surface area contributed by atoms with E-state index in [1.54, 1.807) is 6.92 Å². The standard InChI is InChI=1S/C11H15N3O6S.ClH/c1-7(6-12)13-21(17,18)11-5-10-9(19-2-3-20-10)4-8(11)14(15)16;/h4-5,7,13H,2-3,6,12H2,1H3;1H/t7-;/m0./s1. The smallest absolute Gasteiger partial charge is 0.293 e. The van der Waals surface area contributed by atoms with E-state index >= 15 is 0 Å². The van der Waals surface area contributed by atoms with Crippen molar-refractivity contribution in [2.75, 3.05) is 19.8 Å². The molecule has 0 saturated heterocycles. The van der Waals surface area contributed by atoms with E-state index in [-0.39, 0.29) is 43.7 Å².